The number of hydrogen-bond donors (Lipinski definition) is 1. The Hall–Kier alpha value is -0.540. The van der Waals surface area contributed by atoms with Crippen molar-refractivity contribution in [2.75, 3.05) is 0 Å². The van der Waals surface area contributed by atoms with E-state index >= 15 is 0 Å². The van der Waals surface area contributed by atoms with Crippen molar-refractivity contribution in [3.05, 3.63) is 16.4 Å². The predicted molar refractivity (Wildman–Crippen MR) is 78.6 cm³/mol. The Kier molecular flexibility index (Phi) is 5.28. The van der Waals surface area contributed by atoms with E-state index in [1.807, 2.05) is 4.68 Å². The number of halogens is 1. The molecule has 1 fully saturated rings. The molecule has 0 bridgehead atoms. The number of aromatic nitrogens is 2. The summed E-state index contributed by atoms with van der Waals surface area (Å²) in [4.78, 5) is 0. The molecule has 0 spiro atoms. The lowest BCUT2D eigenvalue weighted by molar-refractivity contribution is 0.102. The fourth-order valence-corrected chi connectivity index (χ4v) is 3.48. The number of aryl methyl sites for hydroxylation is 2. The lowest BCUT2D eigenvalue weighted by atomic mass is 9.96. The molecule has 1 aromatic heterocycles. The summed E-state index contributed by atoms with van der Waals surface area (Å²) in [6.45, 7) is 5.00. The minimum Gasteiger partial charge on any atom is -0.393 e. The summed E-state index contributed by atoms with van der Waals surface area (Å²) in [7, 11) is 0. The Morgan fingerprint density at radius 3 is 2.63 bits per heavy atom. The molecular weight excluding hydrogens is 260 g/mol. The maximum absolute atomic E-state index is 10.3. The standard InChI is InChI=1S/C15H25ClN2O/c1-3-12-15(16)13(18(4-2)17-12)9-10-14(19)11-7-5-6-8-11/h11,14,19H,3-10H2,1-2H3. The lowest BCUT2D eigenvalue weighted by Gasteiger charge is -2.17. The Bertz CT molecular complexity index is 411. The Morgan fingerprint density at radius 1 is 1.37 bits per heavy atom. The van der Waals surface area contributed by atoms with Gasteiger partial charge in [-0.3, -0.25) is 4.68 Å². The molecule has 4 heteroatoms. The third kappa shape index (κ3) is 3.32. The number of aliphatic hydroxyl groups is 1. The summed E-state index contributed by atoms with van der Waals surface area (Å²) in [6, 6.07) is 0. The summed E-state index contributed by atoms with van der Waals surface area (Å²) in [5.74, 6) is 0.502. The van der Waals surface area contributed by atoms with Gasteiger partial charge in [-0.15, -0.1) is 0 Å². The first-order valence-corrected chi connectivity index (χ1v) is 7.97. The van der Waals surface area contributed by atoms with Crippen LogP contribution in [0.3, 0.4) is 0 Å². The van der Waals surface area contributed by atoms with E-state index in [2.05, 4.69) is 18.9 Å². The van der Waals surface area contributed by atoms with Crippen molar-refractivity contribution < 1.29 is 5.11 Å². The molecular formula is C15H25ClN2O. The van der Waals surface area contributed by atoms with Crippen LogP contribution in [0.4, 0.5) is 0 Å². The second-order valence-corrected chi connectivity index (χ2v) is 5.91. The van der Waals surface area contributed by atoms with Gasteiger partial charge in [0.15, 0.2) is 0 Å². The fraction of sp³-hybridized carbons (Fsp3) is 0.800. The minimum absolute atomic E-state index is 0.177. The number of aliphatic hydroxyl groups excluding tert-OH is 1. The van der Waals surface area contributed by atoms with E-state index < -0.39 is 0 Å². The van der Waals surface area contributed by atoms with Crippen LogP contribution in [0, 0.1) is 5.92 Å². The van der Waals surface area contributed by atoms with Gasteiger partial charge in [-0.2, -0.15) is 5.10 Å². The molecule has 1 unspecified atom stereocenters. The molecule has 1 atom stereocenters. The molecule has 3 nitrogen and oxygen atoms in total. The van der Waals surface area contributed by atoms with Gasteiger partial charge in [0, 0.05) is 6.54 Å². The van der Waals surface area contributed by atoms with Gasteiger partial charge in [0.2, 0.25) is 0 Å². The van der Waals surface area contributed by atoms with E-state index in [1.54, 1.807) is 0 Å². The van der Waals surface area contributed by atoms with Crippen molar-refractivity contribution in [3.63, 3.8) is 0 Å². The van der Waals surface area contributed by atoms with Gasteiger partial charge in [-0.05, 0) is 44.9 Å². The van der Waals surface area contributed by atoms with Crippen LogP contribution < -0.4 is 0 Å². The SMILES string of the molecule is CCc1nn(CC)c(CCC(O)C2CCCC2)c1Cl. The van der Waals surface area contributed by atoms with Crippen LogP contribution in [-0.2, 0) is 19.4 Å². The second-order valence-electron chi connectivity index (χ2n) is 5.53. The average Bonchev–Trinajstić information content (AvgIpc) is 3.04. The molecule has 2 rings (SSSR count). The maximum atomic E-state index is 10.3. The third-order valence-corrected chi connectivity index (χ3v) is 4.75. The Morgan fingerprint density at radius 2 is 2.05 bits per heavy atom. The average molecular weight is 285 g/mol. The van der Waals surface area contributed by atoms with E-state index in [9.17, 15) is 5.11 Å². The van der Waals surface area contributed by atoms with Gasteiger partial charge in [0.05, 0.1) is 22.5 Å². The lowest BCUT2D eigenvalue weighted by Crippen LogP contribution is -2.19. The first-order valence-electron chi connectivity index (χ1n) is 7.59. The zero-order valence-electron chi connectivity index (χ0n) is 12.0. The van der Waals surface area contributed by atoms with Gasteiger partial charge in [-0.1, -0.05) is 31.4 Å². The number of nitrogens with zero attached hydrogens (tertiary/aromatic N) is 2. The van der Waals surface area contributed by atoms with Crippen LogP contribution in [0.5, 0.6) is 0 Å². The molecule has 0 amide bonds. The van der Waals surface area contributed by atoms with E-state index in [0.717, 1.165) is 42.2 Å². The van der Waals surface area contributed by atoms with Crippen molar-refractivity contribution in [3.8, 4) is 0 Å². The van der Waals surface area contributed by atoms with Gasteiger partial charge in [0.1, 0.15) is 0 Å². The largest absolute Gasteiger partial charge is 0.393 e. The van der Waals surface area contributed by atoms with Crippen LogP contribution in [0.25, 0.3) is 0 Å². The van der Waals surface area contributed by atoms with Gasteiger partial charge < -0.3 is 5.11 Å². The van der Waals surface area contributed by atoms with Crippen molar-refractivity contribution >= 4 is 11.6 Å². The number of hydrogen-bond acceptors (Lipinski definition) is 2. The van der Waals surface area contributed by atoms with E-state index in [1.165, 1.54) is 25.7 Å². The van der Waals surface area contributed by atoms with Crippen LogP contribution >= 0.6 is 11.6 Å². The van der Waals surface area contributed by atoms with Crippen molar-refractivity contribution in [2.45, 2.75) is 71.4 Å². The highest BCUT2D eigenvalue weighted by molar-refractivity contribution is 6.31. The molecule has 1 saturated carbocycles. The topological polar surface area (TPSA) is 38.0 Å². The fourth-order valence-electron chi connectivity index (χ4n) is 3.12. The molecule has 19 heavy (non-hydrogen) atoms. The van der Waals surface area contributed by atoms with Crippen molar-refractivity contribution in [1.82, 2.24) is 9.78 Å². The zero-order valence-corrected chi connectivity index (χ0v) is 12.8. The molecule has 0 aliphatic heterocycles. The summed E-state index contributed by atoms with van der Waals surface area (Å²) < 4.78 is 1.99. The third-order valence-electron chi connectivity index (χ3n) is 4.32. The zero-order chi connectivity index (χ0) is 13.8. The molecule has 1 heterocycles. The highest BCUT2D eigenvalue weighted by Gasteiger charge is 2.24. The van der Waals surface area contributed by atoms with Crippen LogP contribution in [0.15, 0.2) is 0 Å². The molecule has 108 valence electrons. The van der Waals surface area contributed by atoms with Gasteiger partial charge >= 0.3 is 0 Å². The Balaban J connectivity index is 1.99. The smallest absolute Gasteiger partial charge is 0.0849 e. The summed E-state index contributed by atoms with van der Waals surface area (Å²) in [6.07, 6.45) is 7.24. The summed E-state index contributed by atoms with van der Waals surface area (Å²) in [5, 5.41) is 15.6. The maximum Gasteiger partial charge on any atom is 0.0849 e. The molecule has 1 aliphatic rings. The summed E-state index contributed by atoms with van der Waals surface area (Å²) >= 11 is 6.39. The van der Waals surface area contributed by atoms with Gasteiger partial charge in [0.25, 0.3) is 0 Å². The summed E-state index contributed by atoms with van der Waals surface area (Å²) in [5.41, 5.74) is 2.08. The highest BCUT2D eigenvalue weighted by atomic mass is 35.5. The predicted octanol–water partition coefficient (Wildman–Crippen LogP) is 3.60. The second kappa shape index (κ2) is 6.76. The molecule has 1 aliphatic carbocycles. The molecule has 1 aromatic rings. The van der Waals surface area contributed by atoms with Crippen LogP contribution in [-0.4, -0.2) is 21.0 Å². The van der Waals surface area contributed by atoms with E-state index in [4.69, 9.17) is 11.6 Å². The van der Waals surface area contributed by atoms with Crippen LogP contribution in [0.1, 0.15) is 57.3 Å². The van der Waals surface area contributed by atoms with Crippen LogP contribution in [0.2, 0.25) is 5.02 Å². The Labute approximate surface area is 121 Å². The quantitative estimate of drug-likeness (QED) is 0.867. The van der Waals surface area contributed by atoms with Crippen molar-refractivity contribution in [1.29, 1.82) is 0 Å². The molecule has 0 radical (unpaired) electrons. The minimum atomic E-state index is -0.177. The van der Waals surface area contributed by atoms with E-state index in [-0.39, 0.29) is 6.10 Å². The normalized spacial score (nSPS) is 18.1. The monoisotopic (exact) mass is 284 g/mol. The van der Waals surface area contributed by atoms with E-state index in [0.29, 0.717) is 5.92 Å². The molecule has 1 N–H and O–H groups in total. The molecule has 0 saturated heterocycles. The molecule has 0 aromatic carbocycles. The number of rotatable bonds is 6. The van der Waals surface area contributed by atoms with Crippen molar-refractivity contribution in [2.24, 2.45) is 5.92 Å². The highest BCUT2D eigenvalue weighted by Crippen LogP contribution is 2.30. The first-order chi connectivity index (χ1) is 9.17. The first kappa shape index (κ1) is 14.9. The van der Waals surface area contributed by atoms with Gasteiger partial charge in [-0.25, -0.2) is 0 Å².